The Balaban J connectivity index is 1.67. The second-order valence-electron chi connectivity index (χ2n) is 10.6. The maximum absolute atomic E-state index is 2.41. The third kappa shape index (κ3) is 3.60. The molecule has 0 saturated heterocycles. The van der Waals surface area contributed by atoms with Gasteiger partial charge in [0.25, 0.3) is 0 Å². The van der Waals surface area contributed by atoms with Gasteiger partial charge in [0.1, 0.15) is 0 Å². The van der Waals surface area contributed by atoms with Crippen LogP contribution in [-0.4, -0.2) is 0 Å². The first-order valence-electron chi connectivity index (χ1n) is 13.6. The molecule has 38 heavy (non-hydrogen) atoms. The Bertz CT molecular complexity index is 1900. The minimum absolute atomic E-state index is 0.386. The fraction of sp³-hybridized carbons (Fsp3) is 0.105. The minimum Gasteiger partial charge on any atom is -0.0622 e. The van der Waals surface area contributed by atoms with Gasteiger partial charge in [-0.3, -0.25) is 0 Å². The second-order valence-corrected chi connectivity index (χ2v) is 10.6. The van der Waals surface area contributed by atoms with Crippen LogP contribution in [0.3, 0.4) is 0 Å². The Morgan fingerprint density at radius 1 is 0.500 bits per heavy atom. The van der Waals surface area contributed by atoms with Crippen molar-refractivity contribution in [2.75, 3.05) is 0 Å². The van der Waals surface area contributed by atoms with E-state index >= 15 is 0 Å². The van der Waals surface area contributed by atoms with Crippen molar-refractivity contribution in [3.05, 3.63) is 155 Å². The largest absolute Gasteiger partial charge is 0.0622 e. The normalized spacial score (nSPS) is 15.2. The van der Waals surface area contributed by atoms with Crippen molar-refractivity contribution in [3.8, 4) is 11.1 Å². The predicted molar refractivity (Wildman–Crippen MR) is 163 cm³/mol. The zero-order valence-corrected chi connectivity index (χ0v) is 21.9. The van der Waals surface area contributed by atoms with Gasteiger partial charge in [-0.15, -0.1) is 0 Å². The molecule has 0 aliphatic heterocycles. The molecule has 0 N–H and O–H groups in total. The van der Waals surface area contributed by atoms with Crippen LogP contribution in [0.2, 0.25) is 0 Å². The van der Waals surface area contributed by atoms with Crippen molar-refractivity contribution >= 4 is 32.7 Å². The van der Waals surface area contributed by atoms with Crippen molar-refractivity contribution in [3.63, 3.8) is 0 Å². The first-order valence-corrected chi connectivity index (χ1v) is 13.6. The van der Waals surface area contributed by atoms with Gasteiger partial charge in [-0.25, -0.2) is 0 Å². The molecule has 0 spiro atoms. The molecular weight excluding hydrogens is 456 g/mol. The first-order chi connectivity index (χ1) is 18.7. The van der Waals surface area contributed by atoms with E-state index in [2.05, 4.69) is 141 Å². The quantitative estimate of drug-likeness (QED) is 0.220. The predicted octanol–water partition coefficient (Wildman–Crippen LogP) is 8.41. The zero-order valence-electron chi connectivity index (χ0n) is 21.9. The highest BCUT2D eigenvalue weighted by atomic mass is 14.3. The smallest absolute Gasteiger partial charge is 0.00263 e. The highest BCUT2D eigenvalue weighted by Crippen LogP contribution is 2.44. The van der Waals surface area contributed by atoms with E-state index in [-0.39, 0.29) is 0 Å². The molecule has 0 saturated carbocycles. The SMILES string of the molecule is Cc1cccc(-c2c3ccccc3c(C3=c4ccccc4=C(c4ccccc4)CC3C)c3ccccc23)c1. The Morgan fingerprint density at radius 2 is 1.03 bits per heavy atom. The maximum Gasteiger partial charge on any atom is -0.00263 e. The van der Waals surface area contributed by atoms with Crippen molar-refractivity contribution in [1.29, 1.82) is 0 Å². The van der Waals surface area contributed by atoms with E-state index < -0.39 is 0 Å². The third-order valence-electron chi connectivity index (χ3n) is 8.18. The molecule has 1 aliphatic rings. The van der Waals surface area contributed by atoms with Gasteiger partial charge < -0.3 is 0 Å². The van der Waals surface area contributed by atoms with Crippen molar-refractivity contribution in [2.45, 2.75) is 20.3 Å². The summed E-state index contributed by atoms with van der Waals surface area (Å²) in [6, 6.07) is 46.9. The number of fused-ring (bicyclic) bond motifs is 3. The van der Waals surface area contributed by atoms with E-state index in [1.165, 1.54) is 70.9 Å². The van der Waals surface area contributed by atoms with E-state index in [1.54, 1.807) is 0 Å². The summed E-state index contributed by atoms with van der Waals surface area (Å²) in [6.07, 6.45) is 1.03. The fourth-order valence-corrected chi connectivity index (χ4v) is 6.59. The lowest BCUT2D eigenvalue weighted by Crippen LogP contribution is -2.35. The molecule has 0 amide bonds. The van der Waals surface area contributed by atoms with Gasteiger partial charge in [0.2, 0.25) is 0 Å². The van der Waals surface area contributed by atoms with Crippen molar-refractivity contribution < 1.29 is 0 Å². The zero-order chi connectivity index (χ0) is 25.6. The number of aryl methyl sites for hydroxylation is 1. The third-order valence-corrected chi connectivity index (χ3v) is 8.18. The number of hydrogen-bond donors (Lipinski definition) is 0. The molecule has 0 bridgehead atoms. The minimum atomic E-state index is 0.386. The molecular formula is C38H30. The molecule has 1 unspecified atom stereocenters. The molecule has 0 heterocycles. The molecule has 0 heteroatoms. The highest BCUT2D eigenvalue weighted by molar-refractivity contribution is 6.19. The summed E-state index contributed by atoms with van der Waals surface area (Å²) in [5.74, 6) is 0.386. The van der Waals surface area contributed by atoms with Crippen molar-refractivity contribution in [2.24, 2.45) is 5.92 Å². The van der Waals surface area contributed by atoms with Crippen LogP contribution in [0.4, 0.5) is 0 Å². The molecule has 6 aromatic carbocycles. The summed E-state index contributed by atoms with van der Waals surface area (Å²) in [6.45, 7) is 4.59. The van der Waals surface area contributed by atoms with Gasteiger partial charge in [-0.2, -0.15) is 0 Å². The monoisotopic (exact) mass is 486 g/mol. The van der Waals surface area contributed by atoms with Gasteiger partial charge in [0.15, 0.2) is 0 Å². The second kappa shape index (κ2) is 9.15. The molecule has 0 aromatic heterocycles. The van der Waals surface area contributed by atoms with E-state index in [9.17, 15) is 0 Å². The highest BCUT2D eigenvalue weighted by Gasteiger charge is 2.25. The van der Waals surface area contributed by atoms with Crippen molar-refractivity contribution in [1.82, 2.24) is 0 Å². The van der Waals surface area contributed by atoms with Crippen LogP contribution in [0.25, 0.3) is 43.8 Å². The molecule has 6 aromatic rings. The van der Waals surface area contributed by atoms with Crippen LogP contribution in [0, 0.1) is 12.8 Å². The Hall–Kier alpha value is -4.42. The Morgan fingerprint density at radius 3 is 1.66 bits per heavy atom. The lowest BCUT2D eigenvalue weighted by Gasteiger charge is -2.27. The topological polar surface area (TPSA) is 0 Å². The summed E-state index contributed by atoms with van der Waals surface area (Å²) >= 11 is 0. The first kappa shape index (κ1) is 22.8. The van der Waals surface area contributed by atoms with Crippen LogP contribution >= 0.6 is 0 Å². The van der Waals surface area contributed by atoms with Gasteiger partial charge >= 0.3 is 0 Å². The number of benzene rings is 6. The average Bonchev–Trinajstić information content (AvgIpc) is 2.96. The number of hydrogen-bond acceptors (Lipinski definition) is 0. The standard InChI is InChI=1S/C38H30/c1-25-13-12-16-28(23-25)37-31-19-8-10-21-33(31)38(34-22-11-9-20-32(34)37)36-26(2)24-35(27-14-4-3-5-15-27)29-17-6-7-18-30(29)36/h3-23,26H,24H2,1-2H3. The summed E-state index contributed by atoms with van der Waals surface area (Å²) in [5, 5.41) is 8.04. The van der Waals surface area contributed by atoms with Crippen LogP contribution in [0.15, 0.2) is 127 Å². The summed E-state index contributed by atoms with van der Waals surface area (Å²) in [7, 11) is 0. The van der Waals surface area contributed by atoms with E-state index in [0.29, 0.717) is 5.92 Å². The van der Waals surface area contributed by atoms with E-state index in [4.69, 9.17) is 0 Å². The lowest BCUT2D eigenvalue weighted by atomic mass is 9.76. The van der Waals surface area contributed by atoms with Gasteiger partial charge in [-0.1, -0.05) is 140 Å². The molecule has 7 rings (SSSR count). The molecule has 0 nitrogen and oxygen atoms in total. The molecule has 0 fully saturated rings. The van der Waals surface area contributed by atoms with Gasteiger partial charge in [-0.05, 0) is 84.6 Å². The van der Waals surface area contributed by atoms with E-state index in [0.717, 1.165) is 6.42 Å². The van der Waals surface area contributed by atoms with Crippen LogP contribution in [-0.2, 0) is 0 Å². The summed E-state index contributed by atoms with van der Waals surface area (Å²) in [4.78, 5) is 0. The summed E-state index contributed by atoms with van der Waals surface area (Å²) < 4.78 is 0. The Labute approximate surface area is 224 Å². The van der Waals surface area contributed by atoms with Crippen LogP contribution in [0.1, 0.15) is 30.0 Å². The van der Waals surface area contributed by atoms with Crippen LogP contribution in [0.5, 0.6) is 0 Å². The number of rotatable bonds is 3. The molecule has 182 valence electrons. The maximum atomic E-state index is 2.41. The molecule has 0 radical (unpaired) electrons. The van der Waals surface area contributed by atoms with E-state index in [1.807, 2.05) is 0 Å². The average molecular weight is 487 g/mol. The molecule has 1 atom stereocenters. The van der Waals surface area contributed by atoms with Crippen LogP contribution < -0.4 is 10.4 Å². The van der Waals surface area contributed by atoms with Gasteiger partial charge in [0, 0.05) is 0 Å². The van der Waals surface area contributed by atoms with Gasteiger partial charge in [0.05, 0.1) is 0 Å². The lowest BCUT2D eigenvalue weighted by molar-refractivity contribution is 0.762. The fourth-order valence-electron chi connectivity index (χ4n) is 6.59. The molecule has 1 aliphatic carbocycles. The Kier molecular flexibility index (Phi) is 5.48. The summed E-state index contributed by atoms with van der Waals surface area (Å²) in [5.41, 5.74) is 9.53.